The molecule has 0 atom stereocenters. The number of carbonyl (C=O) groups excluding carboxylic acids is 1. The number of hydrogen-bond donors (Lipinski definition) is 2. The van der Waals surface area contributed by atoms with E-state index in [-0.39, 0.29) is 11.7 Å². The van der Waals surface area contributed by atoms with Gasteiger partial charge in [-0.25, -0.2) is 9.97 Å². The summed E-state index contributed by atoms with van der Waals surface area (Å²) in [6.07, 6.45) is 1.53. The molecule has 0 saturated carbocycles. The number of carbonyl (C=O) groups is 1. The number of aromatic nitrogens is 3. The van der Waals surface area contributed by atoms with Crippen molar-refractivity contribution >= 4 is 56.9 Å². The van der Waals surface area contributed by atoms with Crippen molar-refractivity contribution in [3.8, 4) is 0 Å². The van der Waals surface area contributed by atoms with Crippen molar-refractivity contribution < 1.29 is 4.79 Å². The van der Waals surface area contributed by atoms with Gasteiger partial charge in [0.1, 0.15) is 16.9 Å². The number of nitrogens with one attached hydrogen (secondary N) is 2. The van der Waals surface area contributed by atoms with Crippen LogP contribution < -0.4 is 5.32 Å². The molecule has 0 radical (unpaired) electrons. The van der Waals surface area contributed by atoms with Gasteiger partial charge in [-0.05, 0) is 30.7 Å². The second-order valence-corrected chi connectivity index (χ2v) is 7.27. The summed E-state index contributed by atoms with van der Waals surface area (Å²) in [6.45, 7) is 1.93. The molecule has 0 aliphatic carbocycles. The van der Waals surface area contributed by atoms with E-state index in [2.05, 4.69) is 20.3 Å². The topological polar surface area (TPSA) is 70.7 Å². The summed E-state index contributed by atoms with van der Waals surface area (Å²) in [5.74, 6) is 0.135. The van der Waals surface area contributed by atoms with Gasteiger partial charge in [-0.3, -0.25) is 4.79 Å². The fourth-order valence-electron chi connectivity index (χ4n) is 2.78. The Morgan fingerprint density at radius 2 is 2.08 bits per heavy atom. The van der Waals surface area contributed by atoms with E-state index in [9.17, 15) is 4.79 Å². The molecular weight excluding hydrogens is 368 g/mol. The standard InChI is InChI=1S/C19H15ClN4OS/c1-11-6-7-12(20)8-15(11)23-16(25)9-26-19-18-17(21-10-22-19)13-4-2-3-5-14(13)24-18/h2-8,10,24H,9H2,1H3,(H,23,25). The number of rotatable bonds is 4. The van der Waals surface area contributed by atoms with Gasteiger partial charge >= 0.3 is 0 Å². The van der Waals surface area contributed by atoms with Gasteiger partial charge in [0.2, 0.25) is 5.91 Å². The normalized spacial score (nSPS) is 11.2. The molecule has 0 bridgehead atoms. The maximum Gasteiger partial charge on any atom is 0.234 e. The Kier molecular flexibility index (Phi) is 4.53. The molecule has 2 aromatic heterocycles. The van der Waals surface area contributed by atoms with Crippen molar-refractivity contribution in [1.29, 1.82) is 0 Å². The van der Waals surface area contributed by atoms with Crippen molar-refractivity contribution in [2.75, 3.05) is 11.1 Å². The minimum Gasteiger partial charge on any atom is -0.351 e. The minimum atomic E-state index is -0.108. The van der Waals surface area contributed by atoms with Crippen LogP contribution in [0.5, 0.6) is 0 Å². The summed E-state index contributed by atoms with van der Waals surface area (Å²) in [6, 6.07) is 13.4. The molecule has 0 fully saturated rings. The van der Waals surface area contributed by atoms with E-state index < -0.39 is 0 Å². The summed E-state index contributed by atoms with van der Waals surface area (Å²) in [5.41, 5.74) is 4.41. The van der Waals surface area contributed by atoms with Crippen LogP contribution in [0.4, 0.5) is 5.69 Å². The third kappa shape index (κ3) is 3.25. The first-order valence-corrected chi connectivity index (χ1v) is 9.38. The summed E-state index contributed by atoms with van der Waals surface area (Å²) >= 11 is 7.37. The number of H-pyrrole nitrogens is 1. The van der Waals surface area contributed by atoms with E-state index in [1.54, 1.807) is 12.1 Å². The summed E-state index contributed by atoms with van der Waals surface area (Å²) < 4.78 is 0. The highest BCUT2D eigenvalue weighted by molar-refractivity contribution is 8.00. The molecule has 2 aromatic carbocycles. The number of para-hydroxylation sites is 1. The van der Waals surface area contributed by atoms with Crippen LogP contribution in [0.3, 0.4) is 0 Å². The third-order valence-corrected chi connectivity index (χ3v) is 5.29. The lowest BCUT2D eigenvalue weighted by molar-refractivity contribution is -0.113. The second kappa shape index (κ2) is 6.97. The van der Waals surface area contributed by atoms with Crippen LogP contribution in [0.2, 0.25) is 5.02 Å². The number of aromatic amines is 1. The van der Waals surface area contributed by atoms with Crippen LogP contribution in [0.25, 0.3) is 21.9 Å². The Morgan fingerprint density at radius 1 is 1.23 bits per heavy atom. The first-order chi connectivity index (χ1) is 12.6. The van der Waals surface area contributed by atoms with Gasteiger partial charge in [-0.2, -0.15) is 0 Å². The number of aryl methyl sites for hydroxylation is 1. The third-order valence-electron chi connectivity index (χ3n) is 4.07. The van der Waals surface area contributed by atoms with Crippen LogP contribution in [0.15, 0.2) is 53.8 Å². The summed E-state index contributed by atoms with van der Waals surface area (Å²) in [4.78, 5) is 24.4. The lowest BCUT2D eigenvalue weighted by atomic mass is 10.2. The average molecular weight is 383 g/mol. The molecule has 2 N–H and O–H groups in total. The zero-order chi connectivity index (χ0) is 18.1. The zero-order valence-electron chi connectivity index (χ0n) is 13.9. The quantitative estimate of drug-likeness (QED) is 0.392. The van der Waals surface area contributed by atoms with Gasteiger partial charge in [-0.1, -0.05) is 47.6 Å². The highest BCUT2D eigenvalue weighted by atomic mass is 35.5. The maximum atomic E-state index is 12.3. The lowest BCUT2D eigenvalue weighted by Gasteiger charge is -2.08. The average Bonchev–Trinajstić information content (AvgIpc) is 3.02. The van der Waals surface area contributed by atoms with Gasteiger partial charge in [0.25, 0.3) is 0 Å². The fourth-order valence-corrected chi connectivity index (χ4v) is 3.70. The first-order valence-electron chi connectivity index (χ1n) is 8.02. The molecule has 1 amide bonds. The summed E-state index contributed by atoms with van der Waals surface area (Å²) in [5, 5.41) is 5.29. The molecule has 5 nitrogen and oxygen atoms in total. The molecule has 0 saturated heterocycles. The lowest BCUT2D eigenvalue weighted by Crippen LogP contribution is -2.15. The predicted molar refractivity (Wildman–Crippen MR) is 107 cm³/mol. The van der Waals surface area contributed by atoms with Crippen molar-refractivity contribution in [1.82, 2.24) is 15.0 Å². The van der Waals surface area contributed by atoms with Crippen molar-refractivity contribution in [3.05, 3.63) is 59.4 Å². The molecule has 7 heteroatoms. The van der Waals surface area contributed by atoms with Crippen molar-refractivity contribution in [2.45, 2.75) is 11.9 Å². The number of thioether (sulfide) groups is 1. The number of hydrogen-bond acceptors (Lipinski definition) is 4. The second-order valence-electron chi connectivity index (χ2n) is 5.87. The summed E-state index contributed by atoms with van der Waals surface area (Å²) in [7, 11) is 0. The van der Waals surface area contributed by atoms with E-state index >= 15 is 0 Å². The molecule has 0 aliphatic rings. The highest BCUT2D eigenvalue weighted by Crippen LogP contribution is 2.29. The van der Waals surface area contributed by atoms with E-state index in [0.717, 1.165) is 38.2 Å². The number of fused-ring (bicyclic) bond motifs is 3. The first kappa shape index (κ1) is 16.9. The molecule has 0 spiro atoms. The van der Waals surface area contributed by atoms with E-state index in [0.29, 0.717) is 5.02 Å². The smallest absolute Gasteiger partial charge is 0.234 e. The molecule has 26 heavy (non-hydrogen) atoms. The number of benzene rings is 2. The Balaban J connectivity index is 1.54. The highest BCUT2D eigenvalue weighted by Gasteiger charge is 2.13. The molecule has 130 valence electrons. The zero-order valence-corrected chi connectivity index (χ0v) is 15.5. The molecule has 4 aromatic rings. The Bertz CT molecular complexity index is 1130. The van der Waals surface area contributed by atoms with Crippen LogP contribution in [0.1, 0.15) is 5.56 Å². The largest absolute Gasteiger partial charge is 0.351 e. The van der Waals surface area contributed by atoms with E-state index in [1.165, 1.54) is 18.1 Å². The Hall–Kier alpha value is -2.57. The molecule has 0 aliphatic heterocycles. The molecular formula is C19H15ClN4OS. The number of anilines is 1. The van der Waals surface area contributed by atoms with Gasteiger partial charge in [0.15, 0.2) is 0 Å². The predicted octanol–water partition coefficient (Wildman–Crippen LogP) is 4.80. The van der Waals surface area contributed by atoms with Crippen molar-refractivity contribution in [2.24, 2.45) is 0 Å². The van der Waals surface area contributed by atoms with Crippen LogP contribution in [-0.4, -0.2) is 26.6 Å². The number of halogens is 1. The van der Waals surface area contributed by atoms with Gasteiger partial charge in [0.05, 0.1) is 11.3 Å². The van der Waals surface area contributed by atoms with Gasteiger partial charge in [0, 0.05) is 21.6 Å². The molecule has 4 rings (SSSR count). The Labute approximate surface area is 159 Å². The fraction of sp³-hybridized carbons (Fsp3) is 0.105. The van der Waals surface area contributed by atoms with Gasteiger partial charge in [-0.15, -0.1) is 0 Å². The van der Waals surface area contributed by atoms with Crippen LogP contribution in [0, 0.1) is 6.92 Å². The minimum absolute atomic E-state index is 0.108. The molecule has 2 heterocycles. The monoisotopic (exact) mass is 382 g/mol. The number of amides is 1. The molecule has 0 unspecified atom stereocenters. The maximum absolute atomic E-state index is 12.3. The van der Waals surface area contributed by atoms with Crippen LogP contribution in [-0.2, 0) is 4.79 Å². The van der Waals surface area contributed by atoms with E-state index in [4.69, 9.17) is 11.6 Å². The van der Waals surface area contributed by atoms with E-state index in [1.807, 2.05) is 37.3 Å². The number of nitrogens with zero attached hydrogens (tertiary/aromatic N) is 2. The Morgan fingerprint density at radius 3 is 2.96 bits per heavy atom. The SMILES string of the molecule is Cc1ccc(Cl)cc1NC(=O)CSc1ncnc2c1[nH]c1ccccc12. The van der Waals surface area contributed by atoms with Gasteiger partial charge < -0.3 is 10.3 Å². The van der Waals surface area contributed by atoms with Crippen LogP contribution >= 0.6 is 23.4 Å². The van der Waals surface area contributed by atoms with Crippen molar-refractivity contribution in [3.63, 3.8) is 0 Å².